The fraction of sp³-hybridized carbons (Fsp3) is 0.900. The van der Waals surface area contributed by atoms with Crippen LogP contribution in [0.25, 0.3) is 0 Å². The summed E-state index contributed by atoms with van der Waals surface area (Å²) < 4.78 is 39.4. The predicted molar refractivity (Wildman–Crippen MR) is 59.0 cm³/mol. The van der Waals surface area contributed by atoms with Gasteiger partial charge in [-0.05, 0) is 12.8 Å². The molecule has 1 N–H and O–H groups in total. The first-order chi connectivity index (χ1) is 7.89. The second kappa shape index (κ2) is 8.58. The van der Waals surface area contributed by atoms with Gasteiger partial charge >= 0.3 is 6.18 Å². The van der Waals surface area contributed by atoms with E-state index in [0.717, 1.165) is 6.42 Å². The highest BCUT2D eigenvalue weighted by atomic mass is 35.5. The van der Waals surface area contributed by atoms with Gasteiger partial charge in [0.25, 0.3) is 0 Å². The average molecular weight is 276 g/mol. The van der Waals surface area contributed by atoms with Crippen molar-refractivity contribution in [2.24, 2.45) is 0 Å². The Hall–Kier alpha value is -0.490. The molecule has 102 valence electrons. The molecule has 0 heterocycles. The molecule has 0 rings (SSSR count). The van der Waals surface area contributed by atoms with Crippen LogP contribution in [0.15, 0.2) is 0 Å². The number of carbonyl (C=O) groups is 1. The minimum atomic E-state index is -4.35. The SMILES string of the molecule is CCC(CCCl)NC(=O)CCOCC(F)(F)F. The van der Waals surface area contributed by atoms with E-state index in [1.807, 2.05) is 6.92 Å². The molecule has 17 heavy (non-hydrogen) atoms. The van der Waals surface area contributed by atoms with E-state index in [0.29, 0.717) is 12.3 Å². The van der Waals surface area contributed by atoms with Crippen molar-refractivity contribution in [1.29, 1.82) is 0 Å². The Kier molecular flexibility index (Phi) is 8.33. The Morgan fingerprint density at radius 2 is 2.12 bits per heavy atom. The first-order valence-electron chi connectivity index (χ1n) is 5.39. The van der Waals surface area contributed by atoms with Gasteiger partial charge in [0.2, 0.25) is 5.91 Å². The predicted octanol–water partition coefficient (Wildman–Crippen LogP) is 2.48. The molecule has 1 atom stereocenters. The molecular weight excluding hydrogens is 259 g/mol. The van der Waals surface area contributed by atoms with Crippen LogP contribution < -0.4 is 5.32 Å². The second-order valence-electron chi connectivity index (χ2n) is 3.57. The maximum Gasteiger partial charge on any atom is 0.411 e. The van der Waals surface area contributed by atoms with Crippen molar-refractivity contribution in [3.8, 4) is 0 Å². The van der Waals surface area contributed by atoms with Crippen molar-refractivity contribution in [3.05, 3.63) is 0 Å². The lowest BCUT2D eigenvalue weighted by Gasteiger charge is -2.15. The van der Waals surface area contributed by atoms with Crippen molar-refractivity contribution in [2.75, 3.05) is 19.1 Å². The van der Waals surface area contributed by atoms with Gasteiger partial charge in [-0.3, -0.25) is 4.79 Å². The summed E-state index contributed by atoms with van der Waals surface area (Å²) in [6.45, 7) is 0.347. The summed E-state index contributed by atoms with van der Waals surface area (Å²) in [5, 5.41) is 2.68. The first kappa shape index (κ1) is 16.5. The van der Waals surface area contributed by atoms with Crippen molar-refractivity contribution in [2.45, 2.75) is 38.4 Å². The number of amides is 1. The number of rotatable bonds is 8. The standard InChI is InChI=1S/C10H17ClF3NO2/c1-2-8(3-5-11)15-9(16)4-6-17-7-10(12,13)14/h8H,2-7H2,1H3,(H,15,16). The summed E-state index contributed by atoms with van der Waals surface area (Å²) in [7, 11) is 0. The third-order valence-corrected chi connectivity index (χ3v) is 2.27. The Morgan fingerprint density at radius 1 is 1.47 bits per heavy atom. The molecular formula is C10H17ClF3NO2. The summed E-state index contributed by atoms with van der Waals surface area (Å²) in [6.07, 6.45) is -3.04. The van der Waals surface area contributed by atoms with E-state index in [1.54, 1.807) is 0 Å². The summed E-state index contributed by atoms with van der Waals surface area (Å²) >= 11 is 5.53. The van der Waals surface area contributed by atoms with E-state index in [1.165, 1.54) is 0 Å². The lowest BCUT2D eigenvalue weighted by Crippen LogP contribution is -2.35. The number of nitrogens with one attached hydrogen (secondary N) is 1. The highest BCUT2D eigenvalue weighted by Crippen LogP contribution is 2.14. The number of ether oxygens (including phenoxy) is 1. The Bertz CT molecular complexity index is 224. The molecule has 0 aliphatic carbocycles. The molecule has 1 amide bonds. The van der Waals surface area contributed by atoms with Gasteiger partial charge in [-0.2, -0.15) is 13.2 Å². The van der Waals surface area contributed by atoms with Crippen LogP contribution >= 0.6 is 11.6 Å². The van der Waals surface area contributed by atoms with Crippen molar-refractivity contribution >= 4 is 17.5 Å². The zero-order chi connectivity index (χ0) is 13.3. The smallest absolute Gasteiger partial charge is 0.372 e. The Balaban J connectivity index is 3.65. The van der Waals surface area contributed by atoms with Gasteiger partial charge in [-0.25, -0.2) is 0 Å². The molecule has 0 aromatic heterocycles. The third-order valence-electron chi connectivity index (χ3n) is 2.05. The molecule has 0 radical (unpaired) electrons. The van der Waals surface area contributed by atoms with Crippen LogP contribution in [0.5, 0.6) is 0 Å². The van der Waals surface area contributed by atoms with Gasteiger partial charge in [0.15, 0.2) is 0 Å². The van der Waals surface area contributed by atoms with Crippen molar-refractivity contribution in [1.82, 2.24) is 5.32 Å². The van der Waals surface area contributed by atoms with Gasteiger partial charge < -0.3 is 10.1 Å². The van der Waals surface area contributed by atoms with Crippen LogP contribution in [0.3, 0.4) is 0 Å². The Morgan fingerprint density at radius 3 is 2.59 bits per heavy atom. The minimum absolute atomic E-state index is 0.0254. The molecule has 0 aromatic carbocycles. The molecule has 0 saturated carbocycles. The van der Waals surface area contributed by atoms with Crippen LogP contribution in [0, 0.1) is 0 Å². The van der Waals surface area contributed by atoms with Gasteiger partial charge in [-0.1, -0.05) is 6.92 Å². The Labute approximate surface area is 104 Å². The lowest BCUT2D eigenvalue weighted by atomic mass is 10.1. The quantitative estimate of drug-likeness (QED) is 0.546. The molecule has 7 heteroatoms. The van der Waals surface area contributed by atoms with Gasteiger partial charge in [-0.15, -0.1) is 11.6 Å². The molecule has 0 saturated heterocycles. The molecule has 0 spiro atoms. The van der Waals surface area contributed by atoms with Gasteiger partial charge in [0, 0.05) is 18.3 Å². The second-order valence-corrected chi connectivity index (χ2v) is 3.95. The molecule has 0 fully saturated rings. The summed E-state index contributed by atoms with van der Waals surface area (Å²) in [5.41, 5.74) is 0. The fourth-order valence-corrected chi connectivity index (χ4v) is 1.43. The maximum absolute atomic E-state index is 11.7. The maximum atomic E-state index is 11.7. The summed E-state index contributed by atoms with van der Waals surface area (Å²) in [5.74, 6) is 0.118. The third kappa shape index (κ3) is 10.4. The molecule has 3 nitrogen and oxygen atoms in total. The minimum Gasteiger partial charge on any atom is -0.372 e. The topological polar surface area (TPSA) is 38.3 Å². The fourth-order valence-electron chi connectivity index (χ4n) is 1.16. The zero-order valence-corrected chi connectivity index (χ0v) is 10.4. The van der Waals surface area contributed by atoms with E-state index >= 15 is 0 Å². The van der Waals surface area contributed by atoms with Crippen LogP contribution in [0.4, 0.5) is 13.2 Å². The highest BCUT2D eigenvalue weighted by Gasteiger charge is 2.27. The van der Waals surface area contributed by atoms with E-state index in [2.05, 4.69) is 10.1 Å². The van der Waals surface area contributed by atoms with Crippen molar-refractivity contribution in [3.63, 3.8) is 0 Å². The van der Waals surface area contributed by atoms with Crippen LogP contribution in [0.2, 0.25) is 0 Å². The lowest BCUT2D eigenvalue weighted by molar-refractivity contribution is -0.174. The first-order valence-corrected chi connectivity index (χ1v) is 5.92. The monoisotopic (exact) mass is 275 g/mol. The highest BCUT2D eigenvalue weighted by molar-refractivity contribution is 6.17. The zero-order valence-electron chi connectivity index (χ0n) is 9.65. The van der Waals surface area contributed by atoms with Crippen LogP contribution in [-0.2, 0) is 9.53 Å². The average Bonchev–Trinajstić information content (AvgIpc) is 2.22. The number of hydrogen-bond donors (Lipinski definition) is 1. The molecule has 1 unspecified atom stereocenters. The summed E-state index contributed by atoms with van der Waals surface area (Å²) in [6, 6.07) is -0.0254. The van der Waals surface area contributed by atoms with E-state index in [-0.39, 0.29) is 25.0 Å². The van der Waals surface area contributed by atoms with E-state index in [9.17, 15) is 18.0 Å². The number of halogens is 4. The molecule has 0 bridgehead atoms. The van der Waals surface area contributed by atoms with E-state index in [4.69, 9.17) is 11.6 Å². The van der Waals surface area contributed by atoms with E-state index < -0.39 is 12.8 Å². The molecule has 0 aromatic rings. The van der Waals surface area contributed by atoms with Crippen LogP contribution in [0.1, 0.15) is 26.2 Å². The number of carbonyl (C=O) groups excluding carboxylic acids is 1. The van der Waals surface area contributed by atoms with Gasteiger partial charge in [0.1, 0.15) is 6.61 Å². The normalized spacial score (nSPS) is 13.5. The van der Waals surface area contributed by atoms with Crippen molar-refractivity contribution < 1.29 is 22.7 Å². The largest absolute Gasteiger partial charge is 0.411 e. The molecule has 0 aliphatic heterocycles. The van der Waals surface area contributed by atoms with Gasteiger partial charge in [0.05, 0.1) is 6.61 Å². The summed E-state index contributed by atoms with van der Waals surface area (Å²) in [4.78, 5) is 11.3. The molecule has 0 aliphatic rings. The number of alkyl halides is 4. The number of hydrogen-bond acceptors (Lipinski definition) is 2. The van der Waals surface area contributed by atoms with Crippen LogP contribution in [-0.4, -0.2) is 37.2 Å².